The van der Waals surface area contributed by atoms with Crippen LogP contribution in [0.4, 0.5) is 0 Å². The second kappa shape index (κ2) is 8.91. The Hall–Kier alpha value is -4.54. The summed E-state index contributed by atoms with van der Waals surface area (Å²) in [7, 11) is 3.46. The fraction of sp³-hybridized carbons (Fsp3) is 0.182. The van der Waals surface area contributed by atoms with Gasteiger partial charge >= 0.3 is 0 Å². The van der Waals surface area contributed by atoms with Crippen LogP contribution < -0.4 is 9.47 Å². The Balaban J connectivity index is 1.32. The lowest BCUT2D eigenvalue weighted by atomic mass is 10.1. The van der Waals surface area contributed by atoms with Gasteiger partial charge in [-0.05, 0) is 28.1 Å². The van der Waals surface area contributed by atoms with Gasteiger partial charge in [-0.2, -0.15) is 10.1 Å². The van der Waals surface area contributed by atoms with Crippen LogP contribution in [0.15, 0.2) is 65.6 Å². The smallest absolute Gasteiger partial charge is 0.261 e. The number of nitrogens with zero attached hydrogens (tertiary/aromatic N) is 8. The average molecular weight is 444 g/mol. The van der Waals surface area contributed by atoms with Crippen LogP contribution in [-0.4, -0.2) is 47.2 Å². The second-order valence-electron chi connectivity index (χ2n) is 7.22. The highest BCUT2D eigenvalue weighted by Crippen LogP contribution is 2.27. The zero-order chi connectivity index (χ0) is 22.6. The van der Waals surface area contributed by atoms with E-state index in [2.05, 4.69) is 30.8 Å². The molecule has 0 fully saturated rings. The van der Waals surface area contributed by atoms with Gasteiger partial charge < -0.3 is 14.0 Å². The third-order valence-corrected chi connectivity index (χ3v) is 5.08. The highest BCUT2D eigenvalue weighted by atomic mass is 16.5. The van der Waals surface area contributed by atoms with E-state index in [0.29, 0.717) is 24.0 Å². The van der Waals surface area contributed by atoms with Crippen molar-refractivity contribution in [1.82, 2.24) is 40.1 Å². The molecule has 33 heavy (non-hydrogen) atoms. The van der Waals surface area contributed by atoms with Gasteiger partial charge in [0.2, 0.25) is 5.82 Å². The monoisotopic (exact) mass is 444 g/mol. The van der Waals surface area contributed by atoms with Gasteiger partial charge in [0.05, 0.1) is 31.1 Å². The van der Waals surface area contributed by atoms with Gasteiger partial charge in [-0.25, -0.2) is 4.68 Å². The fourth-order valence-corrected chi connectivity index (χ4v) is 3.30. The summed E-state index contributed by atoms with van der Waals surface area (Å²) in [6.45, 7) is 0.861. The lowest BCUT2D eigenvalue weighted by Crippen LogP contribution is -2.04. The van der Waals surface area contributed by atoms with Crippen molar-refractivity contribution in [2.75, 3.05) is 7.11 Å². The van der Waals surface area contributed by atoms with Crippen molar-refractivity contribution >= 4 is 0 Å². The van der Waals surface area contributed by atoms with Gasteiger partial charge in [0.1, 0.15) is 24.4 Å². The van der Waals surface area contributed by atoms with E-state index < -0.39 is 0 Å². The molecule has 11 nitrogen and oxygen atoms in total. The van der Waals surface area contributed by atoms with Crippen molar-refractivity contribution in [3.63, 3.8) is 0 Å². The Labute approximate surface area is 188 Å². The largest absolute Gasteiger partial charge is 0.497 e. The van der Waals surface area contributed by atoms with Crippen molar-refractivity contribution in [2.24, 2.45) is 7.05 Å². The molecule has 0 aliphatic carbocycles. The first-order valence-electron chi connectivity index (χ1n) is 10.1. The normalized spacial score (nSPS) is 11.0. The highest BCUT2D eigenvalue weighted by molar-refractivity contribution is 5.61. The number of tetrazole rings is 1. The molecule has 11 heteroatoms. The highest BCUT2D eigenvalue weighted by Gasteiger charge is 2.18. The lowest BCUT2D eigenvalue weighted by molar-refractivity contribution is 0.292. The standard InChI is InChI=1S/C22H20N8O3/c1-29-20(13-32-18-5-3-4-17(10-18)31-2)19(11-24-29)22-25-21(26-33-22)16-8-6-15(7-9-16)12-30-14-23-27-28-30/h3-11,14H,12-13H2,1-2H3. The van der Waals surface area contributed by atoms with E-state index in [-0.39, 0.29) is 6.61 Å². The second-order valence-corrected chi connectivity index (χ2v) is 7.22. The zero-order valence-electron chi connectivity index (χ0n) is 18.0. The number of methoxy groups -OCH3 is 1. The van der Waals surface area contributed by atoms with Gasteiger partial charge in [-0.15, -0.1) is 5.10 Å². The molecule has 0 aliphatic rings. The third-order valence-electron chi connectivity index (χ3n) is 5.08. The number of rotatable bonds is 8. The van der Waals surface area contributed by atoms with Crippen LogP contribution in [0.5, 0.6) is 11.5 Å². The molecular weight excluding hydrogens is 424 g/mol. The summed E-state index contributed by atoms with van der Waals surface area (Å²) >= 11 is 0. The van der Waals surface area contributed by atoms with Crippen LogP contribution in [0.25, 0.3) is 22.8 Å². The summed E-state index contributed by atoms with van der Waals surface area (Å²) in [5, 5.41) is 19.6. The molecule has 0 radical (unpaired) electrons. The lowest BCUT2D eigenvalue weighted by Gasteiger charge is -2.09. The summed E-state index contributed by atoms with van der Waals surface area (Å²) in [5.41, 5.74) is 3.42. The van der Waals surface area contributed by atoms with Gasteiger partial charge in [0.15, 0.2) is 0 Å². The molecular formula is C22H20N8O3. The molecule has 5 aromatic rings. The number of hydrogen-bond acceptors (Lipinski definition) is 9. The zero-order valence-corrected chi connectivity index (χ0v) is 18.0. The van der Waals surface area contributed by atoms with Gasteiger partial charge in [0, 0.05) is 18.7 Å². The molecule has 5 rings (SSSR count). The van der Waals surface area contributed by atoms with Crippen LogP contribution in [0, 0.1) is 0 Å². The van der Waals surface area contributed by atoms with Crippen molar-refractivity contribution in [2.45, 2.75) is 13.2 Å². The quantitative estimate of drug-likeness (QED) is 0.356. The van der Waals surface area contributed by atoms with E-state index in [1.807, 2.05) is 55.6 Å². The summed E-state index contributed by atoms with van der Waals surface area (Å²) in [4.78, 5) is 4.57. The number of hydrogen-bond donors (Lipinski definition) is 0. The Morgan fingerprint density at radius 3 is 2.70 bits per heavy atom. The molecule has 0 atom stereocenters. The van der Waals surface area contributed by atoms with Crippen LogP contribution in [0.2, 0.25) is 0 Å². The predicted molar refractivity (Wildman–Crippen MR) is 116 cm³/mol. The van der Waals surface area contributed by atoms with E-state index in [1.54, 1.807) is 29.0 Å². The van der Waals surface area contributed by atoms with E-state index in [9.17, 15) is 0 Å². The minimum Gasteiger partial charge on any atom is -0.497 e. The van der Waals surface area contributed by atoms with Crippen LogP contribution in [0.3, 0.4) is 0 Å². The van der Waals surface area contributed by atoms with Gasteiger partial charge in [-0.3, -0.25) is 4.68 Å². The Bertz CT molecular complexity index is 1340. The maximum Gasteiger partial charge on any atom is 0.261 e. The van der Waals surface area contributed by atoms with E-state index in [0.717, 1.165) is 28.1 Å². The molecule has 0 amide bonds. The van der Waals surface area contributed by atoms with Crippen molar-refractivity contribution in [3.05, 3.63) is 72.3 Å². The average Bonchev–Trinajstić information content (AvgIpc) is 3.60. The van der Waals surface area contributed by atoms with Crippen molar-refractivity contribution < 1.29 is 14.0 Å². The van der Waals surface area contributed by atoms with Gasteiger partial charge in [0.25, 0.3) is 5.89 Å². The predicted octanol–water partition coefficient (Wildman–Crippen LogP) is 2.76. The molecule has 0 unspecified atom stereocenters. The first-order valence-corrected chi connectivity index (χ1v) is 10.1. The van der Waals surface area contributed by atoms with E-state index >= 15 is 0 Å². The Morgan fingerprint density at radius 2 is 1.91 bits per heavy atom. The molecule has 0 bridgehead atoms. The third kappa shape index (κ3) is 4.42. The van der Waals surface area contributed by atoms with Gasteiger partial charge in [-0.1, -0.05) is 35.5 Å². The van der Waals surface area contributed by atoms with E-state index in [4.69, 9.17) is 14.0 Å². The maximum atomic E-state index is 5.94. The summed E-state index contributed by atoms with van der Waals surface area (Å²) in [6, 6.07) is 15.2. The molecule has 3 heterocycles. The summed E-state index contributed by atoms with van der Waals surface area (Å²) in [5.74, 6) is 2.28. The maximum absolute atomic E-state index is 5.94. The summed E-state index contributed by atoms with van der Waals surface area (Å²) in [6.07, 6.45) is 3.26. The first kappa shape index (κ1) is 20.4. The molecule has 0 saturated carbocycles. The molecule has 0 saturated heterocycles. The minimum absolute atomic E-state index is 0.280. The van der Waals surface area contributed by atoms with Crippen molar-refractivity contribution in [1.29, 1.82) is 0 Å². The SMILES string of the molecule is COc1cccc(OCc2c(-c3nc(-c4ccc(Cn5cnnn5)cc4)no3)cnn2C)c1. The first-order chi connectivity index (χ1) is 16.2. The van der Waals surface area contributed by atoms with Crippen LogP contribution in [0.1, 0.15) is 11.3 Å². The molecule has 3 aromatic heterocycles. The number of aryl methyl sites for hydroxylation is 1. The minimum atomic E-state index is 0.280. The Morgan fingerprint density at radius 1 is 1.06 bits per heavy atom. The molecule has 166 valence electrons. The summed E-state index contributed by atoms with van der Waals surface area (Å²) < 4.78 is 20.1. The number of ether oxygens (including phenoxy) is 2. The molecule has 2 aromatic carbocycles. The van der Waals surface area contributed by atoms with Crippen LogP contribution in [-0.2, 0) is 20.2 Å². The van der Waals surface area contributed by atoms with Crippen LogP contribution >= 0.6 is 0 Å². The van der Waals surface area contributed by atoms with Crippen molar-refractivity contribution in [3.8, 4) is 34.3 Å². The number of aromatic nitrogens is 8. The van der Waals surface area contributed by atoms with E-state index in [1.165, 1.54) is 0 Å². The number of benzene rings is 2. The molecule has 0 spiro atoms. The molecule has 0 N–H and O–H groups in total. The fourth-order valence-electron chi connectivity index (χ4n) is 3.30. The molecule has 0 aliphatic heterocycles. The topological polar surface area (TPSA) is 119 Å². The Kier molecular flexibility index (Phi) is 5.50.